The van der Waals surface area contributed by atoms with Crippen LogP contribution in [0.15, 0.2) is 24.3 Å². The van der Waals surface area contributed by atoms with Gasteiger partial charge in [-0.1, -0.05) is 12.2 Å². The first-order chi connectivity index (χ1) is 3.85. The summed E-state index contributed by atoms with van der Waals surface area (Å²) in [4.78, 5) is 10.0. The van der Waals surface area contributed by atoms with Gasteiger partial charge in [-0.05, 0) is 18.9 Å². The monoisotopic (exact) mass is 110 g/mol. The van der Waals surface area contributed by atoms with E-state index in [0.717, 1.165) is 11.9 Å². The van der Waals surface area contributed by atoms with Crippen LogP contribution in [-0.2, 0) is 4.79 Å². The summed E-state index contributed by atoms with van der Waals surface area (Å²) in [5, 5.41) is 0. The van der Waals surface area contributed by atoms with E-state index in [1.807, 2.05) is 6.92 Å². The quantitative estimate of drug-likeness (QED) is 0.307. The summed E-state index contributed by atoms with van der Waals surface area (Å²) in [7, 11) is 0. The van der Waals surface area contributed by atoms with Crippen molar-refractivity contribution < 1.29 is 4.79 Å². The van der Waals surface area contributed by atoms with Gasteiger partial charge in [-0.3, -0.25) is 4.79 Å². The van der Waals surface area contributed by atoms with Crippen molar-refractivity contribution >= 4 is 6.29 Å². The van der Waals surface area contributed by atoms with Crippen molar-refractivity contribution in [3.63, 3.8) is 0 Å². The maximum absolute atomic E-state index is 10.0. The Bertz CT molecular complexity index is 112. The molecule has 0 fully saturated rings. The second kappa shape index (κ2) is 4.31. The molecule has 0 radical (unpaired) electrons. The van der Waals surface area contributed by atoms with Gasteiger partial charge in [0.25, 0.3) is 0 Å². The summed E-state index contributed by atoms with van der Waals surface area (Å²) in [5.74, 6) is 0. The van der Waals surface area contributed by atoms with Gasteiger partial charge < -0.3 is 0 Å². The van der Waals surface area contributed by atoms with Gasteiger partial charge in [0, 0.05) is 0 Å². The zero-order chi connectivity index (χ0) is 6.41. The smallest absolute Gasteiger partial charge is 0.146 e. The van der Waals surface area contributed by atoms with Gasteiger partial charge in [-0.2, -0.15) is 0 Å². The average molecular weight is 110 g/mol. The summed E-state index contributed by atoms with van der Waals surface area (Å²) in [5.41, 5.74) is 0.792. The van der Waals surface area contributed by atoms with Gasteiger partial charge in [0.15, 0.2) is 0 Å². The fourth-order valence-corrected chi connectivity index (χ4v) is 0.401. The minimum Gasteiger partial charge on any atom is -0.298 e. The van der Waals surface area contributed by atoms with Crippen LogP contribution >= 0.6 is 0 Å². The van der Waals surface area contributed by atoms with E-state index in [9.17, 15) is 4.79 Å². The first kappa shape index (κ1) is 7.15. The zero-order valence-electron chi connectivity index (χ0n) is 5.05. The molecule has 0 unspecified atom stereocenters. The molecule has 0 aliphatic carbocycles. The lowest BCUT2D eigenvalue weighted by molar-refractivity contribution is -0.105. The predicted molar refractivity (Wildman–Crippen MR) is 34.6 cm³/mol. The van der Waals surface area contributed by atoms with Crippen LogP contribution in [0.1, 0.15) is 13.3 Å². The molecule has 0 saturated heterocycles. The summed E-state index contributed by atoms with van der Waals surface area (Å²) in [6.45, 7) is 5.34. The zero-order valence-corrected chi connectivity index (χ0v) is 5.05. The number of aldehydes is 1. The van der Waals surface area contributed by atoms with Crippen molar-refractivity contribution in [1.82, 2.24) is 0 Å². The third-order valence-electron chi connectivity index (χ3n) is 0.902. The molecule has 0 bridgehead atoms. The topological polar surface area (TPSA) is 17.1 Å². The number of carbonyl (C=O) groups is 1. The minimum absolute atomic E-state index is 0.681. The molecule has 1 heteroatoms. The molecule has 0 heterocycles. The van der Waals surface area contributed by atoms with Crippen LogP contribution in [0.25, 0.3) is 0 Å². The van der Waals surface area contributed by atoms with Crippen LogP contribution in [0.4, 0.5) is 0 Å². The van der Waals surface area contributed by atoms with Crippen LogP contribution in [0.3, 0.4) is 0 Å². The Kier molecular flexibility index (Phi) is 3.85. The third-order valence-corrected chi connectivity index (χ3v) is 0.902. The van der Waals surface area contributed by atoms with Crippen LogP contribution in [0.5, 0.6) is 0 Å². The van der Waals surface area contributed by atoms with Crippen LogP contribution in [0.2, 0.25) is 0 Å². The van der Waals surface area contributed by atoms with E-state index in [1.54, 1.807) is 12.2 Å². The Labute approximate surface area is 49.7 Å². The number of hydrogen-bond donors (Lipinski definition) is 0. The molecular weight excluding hydrogens is 100 g/mol. The fraction of sp³-hybridized carbons (Fsp3) is 0.286. The third kappa shape index (κ3) is 2.35. The van der Waals surface area contributed by atoms with E-state index in [1.165, 1.54) is 0 Å². The molecule has 44 valence electrons. The van der Waals surface area contributed by atoms with Gasteiger partial charge >= 0.3 is 0 Å². The Hall–Kier alpha value is -0.850. The molecule has 1 nitrogen and oxygen atoms in total. The molecule has 0 aromatic carbocycles. The summed E-state index contributed by atoms with van der Waals surface area (Å²) in [6, 6.07) is 0. The Morgan fingerprint density at radius 3 is 2.50 bits per heavy atom. The number of hydrogen-bond acceptors (Lipinski definition) is 1. The maximum Gasteiger partial charge on any atom is 0.146 e. The molecule has 0 saturated carbocycles. The number of carbonyl (C=O) groups excluding carboxylic acids is 1. The van der Waals surface area contributed by atoms with E-state index in [-0.39, 0.29) is 0 Å². The van der Waals surface area contributed by atoms with Crippen molar-refractivity contribution in [1.29, 1.82) is 0 Å². The van der Waals surface area contributed by atoms with Crippen molar-refractivity contribution in [2.45, 2.75) is 13.3 Å². The summed E-state index contributed by atoms with van der Waals surface area (Å²) in [6.07, 6.45) is 5.03. The van der Waals surface area contributed by atoms with Crippen molar-refractivity contribution in [2.24, 2.45) is 0 Å². The van der Waals surface area contributed by atoms with E-state index in [4.69, 9.17) is 0 Å². The fourth-order valence-electron chi connectivity index (χ4n) is 0.401. The second-order valence-electron chi connectivity index (χ2n) is 1.47. The Morgan fingerprint density at radius 2 is 2.38 bits per heavy atom. The second-order valence-corrected chi connectivity index (χ2v) is 1.47. The molecule has 0 rings (SSSR count). The standard InChI is InChI=1S/C7H10O/c1-3-5-7(4-2)6-8/h3-4,6H,1,5H2,2H3/b7-4-. The molecular formula is C7H10O. The van der Waals surface area contributed by atoms with Crippen molar-refractivity contribution in [2.75, 3.05) is 0 Å². The molecule has 0 aromatic rings. The van der Waals surface area contributed by atoms with Gasteiger partial charge in [0.2, 0.25) is 0 Å². The normalized spacial score (nSPS) is 10.9. The largest absolute Gasteiger partial charge is 0.298 e. The molecule has 0 aromatic heterocycles. The average Bonchev–Trinajstić information content (AvgIpc) is 1.83. The van der Waals surface area contributed by atoms with E-state index >= 15 is 0 Å². The van der Waals surface area contributed by atoms with Crippen molar-refractivity contribution in [3.8, 4) is 0 Å². The van der Waals surface area contributed by atoms with Crippen LogP contribution in [0, 0.1) is 0 Å². The summed E-state index contributed by atoms with van der Waals surface area (Å²) >= 11 is 0. The molecule has 8 heavy (non-hydrogen) atoms. The van der Waals surface area contributed by atoms with Crippen LogP contribution < -0.4 is 0 Å². The van der Waals surface area contributed by atoms with Gasteiger partial charge in [-0.15, -0.1) is 6.58 Å². The van der Waals surface area contributed by atoms with E-state index in [0.29, 0.717) is 6.42 Å². The summed E-state index contributed by atoms with van der Waals surface area (Å²) < 4.78 is 0. The molecule has 0 N–H and O–H groups in total. The van der Waals surface area contributed by atoms with E-state index in [2.05, 4.69) is 6.58 Å². The highest BCUT2D eigenvalue weighted by Gasteiger charge is 1.84. The SMILES string of the molecule is C=CC/C(C=O)=C/C. The lowest BCUT2D eigenvalue weighted by Gasteiger charge is -1.86. The van der Waals surface area contributed by atoms with E-state index < -0.39 is 0 Å². The van der Waals surface area contributed by atoms with Gasteiger partial charge in [0.1, 0.15) is 6.29 Å². The highest BCUT2D eigenvalue weighted by molar-refractivity contribution is 5.73. The van der Waals surface area contributed by atoms with Crippen molar-refractivity contribution in [3.05, 3.63) is 24.3 Å². The Morgan fingerprint density at radius 1 is 1.75 bits per heavy atom. The molecule has 0 aliphatic rings. The number of allylic oxidation sites excluding steroid dienone is 3. The predicted octanol–water partition coefficient (Wildman–Crippen LogP) is 1.71. The minimum atomic E-state index is 0.681. The van der Waals surface area contributed by atoms with Gasteiger partial charge in [0.05, 0.1) is 0 Å². The molecule has 0 atom stereocenters. The Balaban J connectivity index is 3.71. The first-order valence-electron chi connectivity index (χ1n) is 2.56. The molecule has 0 aliphatic heterocycles. The lowest BCUT2D eigenvalue weighted by Crippen LogP contribution is -1.78. The highest BCUT2D eigenvalue weighted by atomic mass is 16.1. The molecule has 0 amide bonds. The number of rotatable bonds is 3. The van der Waals surface area contributed by atoms with Crippen LogP contribution in [-0.4, -0.2) is 6.29 Å². The lowest BCUT2D eigenvalue weighted by atomic mass is 10.2. The maximum atomic E-state index is 10.0. The van der Waals surface area contributed by atoms with Gasteiger partial charge in [-0.25, -0.2) is 0 Å². The first-order valence-corrected chi connectivity index (χ1v) is 2.56. The highest BCUT2D eigenvalue weighted by Crippen LogP contribution is 1.95. The molecule has 0 spiro atoms.